The Hall–Kier alpha value is -2.86. The number of benzene rings is 2. The zero-order chi connectivity index (χ0) is 28.9. The number of nitrogens with zero attached hydrogens (tertiary/aromatic N) is 3. The monoisotopic (exact) mass is 552 g/mol. The number of allylic oxidation sites excluding steroid dienone is 3. The Morgan fingerprint density at radius 2 is 1.88 bits per heavy atom. The van der Waals surface area contributed by atoms with E-state index in [4.69, 9.17) is 4.74 Å². The second-order valence-electron chi connectivity index (χ2n) is 12.8. The Morgan fingerprint density at radius 1 is 1.07 bits per heavy atom. The van der Waals surface area contributed by atoms with Crippen LogP contribution in [0.5, 0.6) is 5.75 Å². The molecule has 1 saturated heterocycles. The normalized spacial score (nSPS) is 22.7. The highest BCUT2D eigenvalue weighted by Crippen LogP contribution is 2.46. The molecular formula is C36H48N4O. The van der Waals surface area contributed by atoms with Crippen molar-refractivity contribution in [2.24, 2.45) is 0 Å². The molecule has 1 saturated carbocycles. The summed E-state index contributed by atoms with van der Waals surface area (Å²) in [7, 11) is 3.92. The third kappa shape index (κ3) is 5.17. The Labute approximate surface area is 247 Å². The number of ether oxygens (including phenoxy) is 1. The number of hydrogen-bond donors (Lipinski definition) is 1. The minimum atomic E-state index is 0.332. The van der Waals surface area contributed by atoms with Crippen molar-refractivity contribution in [2.75, 3.05) is 40.3 Å². The predicted octanol–water partition coefficient (Wildman–Crippen LogP) is 6.45. The van der Waals surface area contributed by atoms with Gasteiger partial charge in [-0.3, -0.25) is 9.80 Å². The van der Waals surface area contributed by atoms with Crippen LogP contribution in [0.15, 0.2) is 60.0 Å². The summed E-state index contributed by atoms with van der Waals surface area (Å²) in [5.74, 6) is 1.02. The molecule has 0 bridgehead atoms. The van der Waals surface area contributed by atoms with Crippen LogP contribution in [0.25, 0.3) is 5.57 Å². The van der Waals surface area contributed by atoms with Crippen molar-refractivity contribution < 1.29 is 4.74 Å². The van der Waals surface area contributed by atoms with Crippen LogP contribution in [0, 0.1) is 0 Å². The van der Waals surface area contributed by atoms with Crippen LogP contribution in [0.3, 0.4) is 0 Å². The highest BCUT2D eigenvalue weighted by molar-refractivity contribution is 5.83. The van der Waals surface area contributed by atoms with Crippen LogP contribution in [-0.4, -0.2) is 60.6 Å². The highest BCUT2D eigenvalue weighted by atomic mass is 16.5. The lowest BCUT2D eigenvalue weighted by Gasteiger charge is -2.43. The van der Waals surface area contributed by atoms with Gasteiger partial charge in [0, 0.05) is 74.4 Å². The van der Waals surface area contributed by atoms with Crippen molar-refractivity contribution in [3.05, 3.63) is 93.3 Å². The summed E-state index contributed by atoms with van der Waals surface area (Å²) < 4.78 is 6.08. The molecule has 6 rings (SSSR count). The lowest BCUT2D eigenvalue weighted by molar-refractivity contribution is 0.0482. The quantitative estimate of drug-likeness (QED) is 0.427. The van der Waals surface area contributed by atoms with E-state index in [0.717, 1.165) is 63.6 Å². The van der Waals surface area contributed by atoms with Gasteiger partial charge in [-0.1, -0.05) is 37.8 Å². The van der Waals surface area contributed by atoms with Gasteiger partial charge in [-0.25, -0.2) is 0 Å². The van der Waals surface area contributed by atoms with Crippen molar-refractivity contribution in [1.29, 1.82) is 0 Å². The zero-order valence-corrected chi connectivity index (χ0v) is 26.1. The molecule has 1 atom stereocenters. The molecule has 1 unspecified atom stereocenters. The van der Waals surface area contributed by atoms with Crippen molar-refractivity contribution in [1.82, 2.24) is 20.0 Å². The molecule has 1 aliphatic carbocycles. The van der Waals surface area contributed by atoms with Gasteiger partial charge in [0.25, 0.3) is 0 Å². The van der Waals surface area contributed by atoms with Gasteiger partial charge in [-0.2, -0.15) is 0 Å². The van der Waals surface area contributed by atoms with Gasteiger partial charge >= 0.3 is 0 Å². The van der Waals surface area contributed by atoms with E-state index < -0.39 is 0 Å². The maximum atomic E-state index is 6.08. The third-order valence-corrected chi connectivity index (χ3v) is 10.4. The maximum absolute atomic E-state index is 6.08. The first-order valence-electron chi connectivity index (χ1n) is 15.6. The van der Waals surface area contributed by atoms with Crippen LogP contribution in [-0.2, 0) is 25.9 Å². The first-order chi connectivity index (χ1) is 19.7. The molecule has 218 valence electrons. The van der Waals surface area contributed by atoms with Crippen LogP contribution < -0.4 is 10.1 Å². The summed E-state index contributed by atoms with van der Waals surface area (Å²) in [4.78, 5) is 7.64. The fraction of sp³-hybridized carbons (Fsp3) is 0.500. The number of methoxy groups -OCH3 is 1. The number of likely N-dealkylation sites (N-methyl/N-ethyl adjacent to an activating group) is 1. The molecular weight excluding hydrogens is 504 g/mol. The summed E-state index contributed by atoms with van der Waals surface area (Å²) in [6.45, 7) is 19.7. The molecule has 5 heteroatoms. The van der Waals surface area contributed by atoms with E-state index in [0.29, 0.717) is 11.6 Å². The summed E-state index contributed by atoms with van der Waals surface area (Å²) in [5.41, 5.74) is 13.8. The van der Waals surface area contributed by atoms with Crippen LogP contribution in [0.4, 0.5) is 0 Å². The minimum absolute atomic E-state index is 0.332. The van der Waals surface area contributed by atoms with Gasteiger partial charge in [-0.15, -0.1) is 0 Å². The second-order valence-corrected chi connectivity index (χ2v) is 12.8. The second kappa shape index (κ2) is 11.1. The van der Waals surface area contributed by atoms with Crippen LogP contribution in [0.1, 0.15) is 80.0 Å². The SMILES string of the molecule is C=C1C(C)=C(C)C(c2cc(CC)c(CN3CCN(Cc4cccc5c4CCNC5C)C4(CC4)C3)c(OC)c2)=CN1C. The average molecular weight is 553 g/mol. The summed E-state index contributed by atoms with van der Waals surface area (Å²) in [5, 5.41) is 3.63. The number of piperazine rings is 1. The number of hydrogen-bond acceptors (Lipinski definition) is 5. The van der Waals surface area contributed by atoms with E-state index in [2.05, 4.69) is 97.9 Å². The summed E-state index contributed by atoms with van der Waals surface area (Å²) >= 11 is 0. The molecule has 3 heterocycles. The first kappa shape index (κ1) is 28.3. The van der Waals surface area contributed by atoms with E-state index in [9.17, 15) is 0 Å². The third-order valence-electron chi connectivity index (χ3n) is 10.4. The molecule has 2 aromatic carbocycles. The molecule has 3 aliphatic heterocycles. The predicted molar refractivity (Wildman–Crippen MR) is 170 cm³/mol. The molecule has 0 amide bonds. The number of aryl methyl sites for hydroxylation is 1. The Morgan fingerprint density at radius 3 is 2.61 bits per heavy atom. The highest BCUT2D eigenvalue weighted by Gasteiger charge is 2.51. The molecule has 5 nitrogen and oxygen atoms in total. The van der Waals surface area contributed by atoms with Gasteiger partial charge in [0.1, 0.15) is 5.75 Å². The lowest BCUT2D eigenvalue weighted by atomic mass is 9.89. The van der Waals surface area contributed by atoms with Crippen LogP contribution >= 0.6 is 0 Å². The molecule has 1 N–H and O–H groups in total. The fourth-order valence-electron chi connectivity index (χ4n) is 7.44. The van der Waals surface area contributed by atoms with Crippen LogP contribution in [0.2, 0.25) is 0 Å². The van der Waals surface area contributed by atoms with E-state index >= 15 is 0 Å². The van der Waals surface area contributed by atoms with Gasteiger partial charge in [0.2, 0.25) is 0 Å². The van der Waals surface area contributed by atoms with E-state index in [1.165, 1.54) is 51.8 Å². The fourth-order valence-corrected chi connectivity index (χ4v) is 7.44. The molecule has 41 heavy (non-hydrogen) atoms. The maximum Gasteiger partial charge on any atom is 0.124 e. The number of fused-ring (bicyclic) bond motifs is 1. The molecule has 0 radical (unpaired) electrons. The zero-order valence-electron chi connectivity index (χ0n) is 26.1. The average Bonchev–Trinajstić information content (AvgIpc) is 3.75. The standard InChI is InChI=1S/C36H48N4O/c1-8-28-18-30(33-21-38(6)27(5)24(2)25(33)3)19-35(41-7)34(28)22-39-16-17-40(36(23-39)13-14-36)20-29-10-9-11-31-26(4)37-15-12-32(29)31/h9-11,18-19,21,26,37H,5,8,12-17,20,22-23H2,1-4,6-7H3. The largest absolute Gasteiger partial charge is 0.496 e. The molecule has 4 aliphatic rings. The number of nitrogens with one attached hydrogen (secondary N) is 1. The molecule has 2 aromatic rings. The first-order valence-corrected chi connectivity index (χ1v) is 15.6. The van der Waals surface area contributed by atoms with E-state index in [-0.39, 0.29) is 0 Å². The summed E-state index contributed by atoms with van der Waals surface area (Å²) in [6.07, 6.45) is 6.98. The Bertz CT molecular complexity index is 1390. The topological polar surface area (TPSA) is 31.0 Å². The smallest absolute Gasteiger partial charge is 0.124 e. The number of rotatable bonds is 7. The molecule has 0 aromatic heterocycles. The minimum Gasteiger partial charge on any atom is -0.496 e. The van der Waals surface area contributed by atoms with Gasteiger partial charge in [0.15, 0.2) is 0 Å². The van der Waals surface area contributed by atoms with Gasteiger partial charge in [-0.05, 0) is 98.0 Å². The van der Waals surface area contributed by atoms with Crippen molar-refractivity contribution >= 4 is 5.57 Å². The lowest BCUT2D eigenvalue weighted by Crippen LogP contribution is -2.54. The summed E-state index contributed by atoms with van der Waals surface area (Å²) in [6, 6.07) is 12.1. The van der Waals surface area contributed by atoms with E-state index in [1.807, 2.05) is 7.11 Å². The Balaban J connectivity index is 1.21. The van der Waals surface area contributed by atoms with Crippen molar-refractivity contribution in [2.45, 2.75) is 78.0 Å². The van der Waals surface area contributed by atoms with Gasteiger partial charge < -0.3 is 15.0 Å². The Kier molecular flexibility index (Phi) is 7.65. The van der Waals surface area contributed by atoms with Crippen molar-refractivity contribution in [3.8, 4) is 5.75 Å². The molecule has 1 spiro atoms. The van der Waals surface area contributed by atoms with Crippen molar-refractivity contribution in [3.63, 3.8) is 0 Å². The van der Waals surface area contributed by atoms with Gasteiger partial charge in [0.05, 0.1) is 7.11 Å². The van der Waals surface area contributed by atoms with E-state index in [1.54, 1.807) is 11.1 Å². The molecule has 2 fully saturated rings.